The van der Waals surface area contributed by atoms with Crippen molar-refractivity contribution in [3.8, 4) is 5.75 Å². The van der Waals surface area contributed by atoms with E-state index in [4.69, 9.17) is 16.3 Å². The Morgan fingerprint density at radius 2 is 2.32 bits per heavy atom. The molecular weight excluding hydrogens is 264 g/mol. The second-order valence-corrected chi connectivity index (χ2v) is 4.50. The SMILES string of the molecule is CCNCc1cn(CCOc2cccc(Cl)c2)nn1. The lowest BCUT2D eigenvalue weighted by Crippen LogP contribution is -2.12. The van der Waals surface area contributed by atoms with E-state index in [9.17, 15) is 0 Å². The molecule has 6 heteroatoms. The maximum absolute atomic E-state index is 5.88. The van der Waals surface area contributed by atoms with Crippen molar-refractivity contribution >= 4 is 11.6 Å². The quantitative estimate of drug-likeness (QED) is 0.844. The summed E-state index contributed by atoms with van der Waals surface area (Å²) in [5, 5.41) is 12.0. The van der Waals surface area contributed by atoms with Gasteiger partial charge in [-0.2, -0.15) is 0 Å². The molecule has 0 aliphatic carbocycles. The molecule has 0 amide bonds. The third kappa shape index (κ3) is 4.54. The molecule has 0 atom stereocenters. The number of halogens is 1. The van der Waals surface area contributed by atoms with Crippen LogP contribution in [0.1, 0.15) is 12.6 Å². The normalized spacial score (nSPS) is 10.6. The molecule has 0 spiro atoms. The van der Waals surface area contributed by atoms with Crippen LogP contribution in [-0.4, -0.2) is 28.1 Å². The number of nitrogens with one attached hydrogen (secondary N) is 1. The zero-order chi connectivity index (χ0) is 13.5. The Morgan fingerprint density at radius 1 is 1.42 bits per heavy atom. The van der Waals surface area contributed by atoms with Gasteiger partial charge in [0.1, 0.15) is 12.4 Å². The van der Waals surface area contributed by atoms with Crippen LogP contribution in [0.2, 0.25) is 5.02 Å². The van der Waals surface area contributed by atoms with E-state index in [1.165, 1.54) is 0 Å². The van der Waals surface area contributed by atoms with Crippen molar-refractivity contribution < 1.29 is 4.74 Å². The van der Waals surface area contributed by atoms with E-state index in [1.807, 2.05) is 24.4 Å². The van der Waals surface area contributed by atoms with Gasteiger partial charge in [0, 0.05) is 17.8 Å². The largest absolute Gasteiger partial charge is 0.492 e. The van der Waals surface area contributed by atoms with Gasteiger partial charge in [-0.05, 0) is 24.7 Å². The highest BCUT2D eigenvalue weighted by Crippen LogP contribution is 2.16. The molecule has 0 aliphatic rings. The topological polar surface area (TPSA) is 52.0 Å². The van der Waals surface area contributed by atoms with Crippen LogP contribution in [0.3, 0.4) is 0 Å². The Bertz CT molecular complexity index is 515. The summed E-state index contributed by atoms with van der Waals surface area (Å²) < 4.78 is 7.37. The lowest BCUT2D eigenvalue weighted by Gasteiger charge is -2.05. The monoisotopic (exact) mass is 280 g/mol. The second-order valence-electron chi connectivity index (χ2n) is 4.06. The summed E-state index contributed by atoms with van der Waals surface area (Å²) in [7, 11) is 0. The van der Waals surface area contributed by atoms with E-state index in [2.05, 4.69) is 22.6 Å². The summed E-state index contributed by atoms with van der Waals surface area (Å²) in [4.78, 5) is 0. The van der Waals surface area contributed by atoms with E-state index < -0.39 is 0 Å². The van der Waals surface area contributed by atoms with Crippen molar-refractivity contribution in [3.05, 3.63) is 41.2 Å². The molecule has 19 heavy (non-hydrogen) atoms. The van der Waals surface area contributed by atoms with Crippen molar-refractivity contribution in [2.45, 2.75) is 20.0 Å². The number of nitrogens with zero attached hydrogens (tertiary/aromatic N) is 3. The van der Waals surface area contributed by atoms with Crippen molar-refractivity contribution in [2.24, 2.45) is 0 Å². The first-order valence-electron chi connectivity index (χ1n) is 6.26. The van der Waals surface area contributed by atoms with Crippen molar-refractivity contribution in [2.75, 3.05) is 13.2 Å². The number of ether oxygens (including phenoxy) is 1. The van der Waals surface area contributed by atoms with Crippen molar-refractivity contribution in [3.63, 3.8) is 0 Å². The van der Waals surface area contributed by atoms with Gasteiger partial charge >= 0.3 is 0 Å². The van der Waals surface area contributed by atoms with Crippen LogP contribution in [0.25, 0.3) is 0 Å². The Hall–Kier alpha value is -1.59. The van der Waals surface area contributed by atoms with Crippen LogP contribution in [0, 0.1) is 0 Å². The number of rotatable bonds is 7. The van der Waals surface area contributed by atoms with Gasteiger partial charge in [-0.3, -0.25) is 0 Å². The van der Waals surface area contributed by atoms with Gasteiger partial charge in [-0.15, -0.1) is 5.10 Å². The Kier molecular flexibility index (Phi) is 5.18. The first-order valence-corrected chi connectivity index (χ1v) is 6.64. The molecule has 0 saturated carbocycles. The number of hydrogen-bond acceptors (Lipinski definition) is 4. The number of hydrogen-bond donors (Lipinski definition) is 1. The van der Waals surface area contributed by atoms with Gasteiger partial charge in [0.25, 0.3) is 0 Å². The molecule has 0 fully saturated rings. The first kappa shape index (κ1) is 13.8. The fourth-order valence-electron chi connectivity index (χ4n) is 1.60. The highest BCUT2D eigenvalue weighted by atomic mass is 35.5. The fraction of sp³-hybridized carbons (Fsp3) is 0.385. The Labute approximate surface area is 117 Å². The lowest BCUT2D eigenvalue weighted by molar-refractivity contribution is 0.289. The predicted octanol–water partition coefficient (Wildman–Crippen LogP) is 2.12. The number of benzene rings is 1. The molecule has 1 aromatic heterocycles. The molecule has 5 nitrogen and oxygen atoms in total. The molecule has 0 bridgehead atoms. The second kappa shape index (κ2) is 7.11. The van der Waals surface area contributed by atoms with Crippen LogP contribution < -0.4 is 10.1 Å². The predicted molar refractivity (Wildman–Crippen MR) is 74.3 cm³/mol. The molecule has 2 aromatic rings. The third-order valence-electron chi connectivity index (χ3n) is 2.53. The average Bonchev–Trinajstić information content (AvgIpc) is 2.84. The lowest BCUT2D eigenvalue weighted by atomic mass is 10.3. The van der Waals surface area contributed by atoms with Crippen LogP contribution in [0.4, 0.5) is 0 Å². The van der Waals surface area contributed by atoms with Crippen LogP contribution in [-0.2, 0) is 13.1 Å². The standard InChI is InChI=1S/C13H17ClN4O/c1-2-15-9-12-10-18(17-16-12)6-7-19-13-5-3-4-11(14)8-13/h3-5,8,10,15H,2,6-7,9H2,1H3. The Balaban J connectivity index is 1.77. The summed E-state index contributed by atoms with van der Waals surface area (Å²) in [5.41, 5.74) is 0.935. The highest BCUT2D eigenvalue weighted by Gasteiger charge is 2.00. The van der Waals surface area contributed by atoms with Crippen LogP contribution in [0.5, 0.6) is 5.75 Å². The van der Waals surface area contributed by atoms with Gasteiger partial charge in [-0.1, -0.05) is 29.8 Å². The first-order chi connectivity index (χ1) is 9.28. The van der Waals surface area contributed by atoms with Gasteiger partial charge in [-0.25, -0.2) is 4.68 Å². The third-order valence-corrected chi connectivity index (χ3v) is 2.76. The minimum Gasteiger partial charge on any atom is -0.492 e. The maximum atomic E-state index is 5.88. The van der Waals surface area contributed by atoms with Crippen molar-refractivity contribution in [1.82, 2.24) is 20.3 Å². The molecule has 102 valence electrons. The van der Waals surface area contributed by atoms with E-state index in [0.717, 1.165) is 24.5 Å². The number of aromatic nitrogens is 3. The fourth-order valence-corrected chi connectivity index (χ4v) is 1.78. The van der Waals surface area contributed by atoms with E-state index in [1.54, 1.807) is 10.7 Å². The van der Waals surface area contributed by atoms with E-state index >= 15 is 0 Å². The van der Waals surface area contributed by atoms with Gasteiger partial charge in [0.15, 0.2) is 0 Å². The highest BCUT2D eigenvalue weighted by molar-refractivity contribution is 6.30. The summed E-state index contributed by atoms with van der Waals surface area (Å²) >= 11 is 5.88. The van der Waals surface area contributed by atoms with E-state index in [-0.39, 0.29) is 0 Å². The Morgan fingerprint density at radius 3 is 3.11 bits per heavy atom. The summed E-state index contributed by atoms with van der Waals surface area (Å²) in [6, 6.07) is 7.35. The molecule has 0 radical (unpaired) electrons. The van der Waals surface area contributed by atoms with E-state index in [0.29, 0.717) is 18.2 Å². The summed E-state index contributed by atoms with van der Waals surface area (Å²) in [6.45, 7) is 4.91. The van der Waals surface area contributed by atoms with Crippen molar-refractivity contribution in [1.29, 1.82) is 0 Å². The maximum Gasteiger partial charge on any atom is 0.120 e. The minimum atomic E-state index is 0.532. The molecule has 0 saturated heterocycles. The molecule has 2 rings (SSSR count). The smallest absolute Gasteiger partial charge is 0.120 e. The van der Waals surface area contributed by atoms with Gasteiger partial charge in [0.05, 0.1) is 12.2 Å². The molecule has 1 heterocycles. The summed E-state index contributed by atoms with van der Waals surface area (Å²) in [6.07, 6.45) is 1.92. The molecular formula is C13H17ClN4O. The zero-order valence-electron chi connectivity index (χ0n) is 10.8. The minimum absolute atomic E-state index is 0.532. The average molecular weight is 281 g/mol. The van der Waals surface area contributed by atoms with Crippen LogP contribution >= 0.6 is 11.6 Å². The zero-order valence-corrected chi connectivity index (χ0v) is 11.6. The van der Waals surface area contributed by atoms with Gasteiger partial charge < -0.3 is 10.1 Å². The molecule has 1 N–H and O–H groups in total. The summed E-state index contributed by atoms with van der Waals surface area (Å²) in [5.74, 6) is 0.764. The molecule has 1 aromatic carbocycles. The molecule has 0 aliphatic heterocycles. The van der Waals surface area contributed by atoms with Gasteiger partial charge in [0.2, 0.25) is 0 Å². The molecule has 0 unspecified atom stereocenters. The van der Waals surface area contributed by atoms with Crippen LogP contribution in [0.15, 0.2) is 30.5 Å².